The van der Waals surface area contributed by atoms with Crippen LogP contribution in [0.1, 0.15) is 64.9 Å². The van der Waals surface area contributed by atoms with Gasteiger partial charge in [0, 0.05) is 66.3 Å². The van der Waals surface area contributed by atoms with E-state index in [0.29, 0.717) is 27.9 Å². The summed E-state index contributed by atoms with van der Waals surface area (Å²) in [6, 6.07) is -0.137. The van der Waals surface area contributed by atoms with Crippen LogP contribution in [0.3, 0.4) is 0 Å². The summed E-state index contributed by atoms with van der Waals surface area (Å²) >= 11 is 1.23. The zero-order valence-electron chi connectivity index (χ0n) is 35.0. The summed E-state index contributed by atoms with van der Waals surface area (Å²) in [7, 11) is 0. The molecule has 3 unspecified atom stereocenters. The summed E-state index contributed by atoms with van der Waals surface area (Å²) in [5, 5.41) is 56.3. The average Bonchev–Trinajstić information content (AvgIpc) is 3.80. The number of nitrogens with one attached hydrogen (secondary N) is 6. The predicted molar refractivity (Wildman–Crippen MR) is 224 cm³/mol. The summed E-state index contributed by atoms with van der Waals surface area (Å²) < 4.78 is 0. The minimum absolute atomic E-state index is 0.0286. The quantitative estimate of drug-likeness (QED) is 0.145. The van der Waals surface area contributed by atoms with Crippen molar-refractivity contribution in [2.45, 2.75) is 107 Å². The lowest BCUT2D eigenvalue weighted by Gasteiger charge is -2.32. The Bertz CT molecular complexity index is 2030. The third-order valence-corrected chi connectivity index (χ3v) is 13.3. The van der Waals surface area contributed by atoms with Crippen molar-refractivity contribution in [1.82, 2.24) is 36.5 Å². The third kappa shape index (κ3) is 11.8. The lowest BCUT2D eigenvalue weighted by Crippen LogP contribution is -2.56. The third-order valence-electron chi connectivity index (χ3n) is 12.1. The maximum atomic E-state index is 14.5. The number of benzene rings is 1. The number of primary amides is 1. The van der Waals surface area contributed by atoms with E-state index in [4.69, 9.17) is 5.73 Å². The second-order valence-corrected chi connectivity index (χ2v) is 17.6. The van der Waals surface area contributed by atoms with Crippen LogP contribution in [0.25, 0.3) is 10.9 Å². The van der Waals surface area contributed by atoms with Crippen molar-refractivity contribution < 1.29 is 58.8 Å². The van der Waals surface area contributed by atoms with Crippen molar-refractivity contribution in [1.29, 1.82) is 0 Å². The minimum atomic E-state index is -1.54. The van der Waals surface area contributed by atoms with Gasteiger partial charge in [-0.3, -0.25) is 38.4 Å². The number of rotatable bonds is 7. The largest absolute Gasteiger partial charge is 0.508 e. The molecular weight excluding hydrogens is 829 g/mol. The number of amides is 7. The Labute approximate surface area is 362 Å². The molecule has 1 fully saturated rings. The highest BCUT2D eigenvalue weighted by Gasteiger charge is 2.44. The molecular formula is C41H58N8O12S. The normalized spacial score (nSPS) is 28.1. The van der Waals surface area contributed by atoms with Gasteiger partial charge < -0.3 is 62.6 Å². The first-order chi connectivity index (χ1) is 29.4. The van der Waals surface area contributed by atoms with Gasteiger partial charge in [0.25, 0.3) is 0 Å². The molecule has 20 nitrogen and oxygen atoms in total. The molecule has 2 aromatic rings. The molecule has 0 radical (unpaired) electrons. The number of phenols is 1. The molecule has 5 rings (SSSR count). The Kier molecular flexibility index (Phi) is 16.4. The topological polar surface area (TPSA) is 323 Å². The predicted octanol–water partition coefficient (Wildman–Crippen LogP) is -1.93. The number of aromatic nitrogens is 1. The standard InChI is InChI=1S/C41H58N8O12S/c1-4-19(2)35-39(60)44-14-33(56)45-23-6-5-21(11-32(42)55)41(61)49-16-25(52)13-29(49)38(59)48-36(20(3)31(54)17-50)30(53)10-22(37(58)43-15-34(57)47-35)9-27-26-12-24(51)7-8-28(26)46-40(27)62-18-23/h7-8,12,19-23,25,29,31,35-36,46,50-52,54H,4-6,9-11,13-18H2,1-3H3,(H2,42,55)(H,43,58)(H,44,60)(H,45,56)(H,47,57)(H,48,59)/t19-,20-,21-,22?,23?,25?,29-,31-,35-,36-/m0/s1. The number of aromatic amines is 1. The average molecular weight is 887 g/mol. The van der Waals surface area contributed by atoms with Gasteiger partial charge in [-0.2, -0.15) is 0 Å². The lowest BCUT2D eigenvalue weighted by atomic mass is 9.85. The summed E-state index contributed by atoms with van der Waals surface area (Å²) in [5.74, 6) is -9.70. The summed E-state index contributed by atoms with van der Waals surface area (Å²) in [5.41, 5.74) is 6.67. The molecule has 3 aliphatic heterocycles. The maximum Gasteiger partial charge on any atom is 0.243 e. The van der Waals surface area contributed by atoms with Crippen LogP contribution in [-0.4, -0.2) is 146 Å². The Morgan fingerprint density at radius 1 is 0.935 bits per heavy atom. The van der Waals surface area contributed by atoms with E-state index in [1.807, 2.05) is 6.92 Å². The van der Waals surface area contributed by atoms with Gasteiger partial charge in [0.05, 0.1) is 43.0 Å². The molecule has 0 aliphatic carbocycles. The number of nitrogens with two attached hydrogens (primary N) is 1. The van der Waals surface area contributed by atoms with Crippen molar-refractivity contribution in [3.05, 3.63) is 23.8 Å². The zero-order chi connectivity index (χ0) is 45.4. The van der Waals surface area contributed by atoms with Gasteiger partial charge in [0.15, 0.2) is 5.78 Å². The Morgan fingerprint density at radius 3 is 2.31 bits per heavy atom. The fourth-order valence-electron chi connectivity index (χ4n) is 8.23. The van der Waals surface area contributed by atoms with Crippen LogP contribution in [0.5, 0.6) is 5.75 Å². The molecule has 1 aromatic carbocycles. The first kappa shape index (κ1) is 47.8. The van der Waals surface area contributed by atoms with E-state index >= 15 is 0 Å². The number of hydrogen-bond acceptors (Lipinski definition) is 13. The number of aromatic hydroxyl groups is 1. The summed E-state index contributed by atoms with van der Waals surface area (Å²) in [6.07, 6.45) is -3.58. The van der Waals surface area contributed by atoms with E-state index in [9.17, 15) is 58.8 Å². The maximum absolute atomic E-state index is 14.5. The van der Waals surface area contributed by atoms with Crippen LogP contribution in [0.2, 0.25) is 0 Å². The molecule has 2 bridgehead atoms. The number of aliphatic hydroxyl groups is 3. The molecule has 0 spiro atoms. The monoisotopic (exact) mass is 886 g/mol. The Balaban J connectivity index is 1.67. The van der Waals surface area contributed by atoms with E-state index in [-0.39, 0.29) is 43.7 Å². The molecule has 1 aromatic heterocycles. The van der Waals surface area contributed by atoms with Gasteiger partial charge in [-0.05, 0) is 48.9 Å². The van der Waals surface area contributed by atoms with Gasteiger partial charge in [0.1, 0.15) is 17.8 Å². The van der Waals surface area contributed by atoms with Crippen LogP contribution in [0, 0.1) is 23.7 Å². The van der Waals surface area contributed by atoms with Crippen LogP contribution < -0.4 is 32.3 Å². The number of phenolic OH excluding ortho intramolecular Hbond substituents is 1. The van der Waals surface area contributed by atoms with Gasteiger partial charge in [-0.25, -0.2) is 0 Å². The van der Waals surface area contributed by atoms with Crippen LogP contribution in [0.4, 0.5) is 0 Å². The number of ketones is 1. The SMILES string of the molecule is CC[C@H](C)[C@@H]1NC(=O)CNC(=O)C2CC(=O)[C@H]([C@@H](C)[C@@H](O)CO)NC(=O)[C@@H]3CC(O)CN3C(=O)[C@H](CC(N)=O)CCC(CSc3[nH]c4ccc(O)cc4c3C2)NC(=O)CNC1=O. The molecule has 7 amide bonds. The van der Waals surface area contributed by atoms with Gasteiger partial charge >= 0.3 is 0 Å². The number of aliphatic hydroxyl groups excluding tert-OH is 3. The molecule has 12 N–H and O–H groups in total. The van der Waals surface area contributed by atoms with E-state index in [1.54, 1.807) is 13.0 Å². The zero-order valence-corrected chi connectivity index (χ0v) is 35.8. The van der Waals surface area contributed by atoms with Crippen LogP contribution >= 0.6 is 11.8 Å². The highest BCUT2D eigenvalue weighted by atomic mass is 32.2. The summed E-state index contributed by atoms with van der Waals surface area (Å²) in [4.78, 5) is 114. The van der Waals surface area contributed by atoms with E-state index in [1.165, 1.54) is 30.8 Å². The number of Topliss-reactive ketones (excluding diaryl/α,β-unsaturated/α-hetero) is 1. The minimum Gasteiger partial charge on any atom is -0.508 e. The number of thioether (sulfide) groups is 1. The smallest absolute Gasteiger partial charge is 0.243 e. The van der Waals surface area contributed by atoms with Crippen molar-refractivity contribution in [2.75, 3.05) is 32.0 Å². The number of nitrogens with zero attached hydrogens (tertiary/aromatic N) is 1. The number of carbonyl (C=O) groups is 8. The lowest BCUT2D eigenvalue weighted by molar-refractivity contribution is -0.144. The molecule has 4 heterocycles. The van der Waals surface area contributed by atoms with E-state index in [0.717, 1.165) is 4.90 Å². The molecule has 10 atom stereocenters. The highest BCUT2D eigenvalue weighted by molar-refractivity contribution is 7.99. The molecule has 0 saturated carbocycles. The van der Waals surface area contributed by atoms with Crippen molar-refractivity contribution in [3.63, 3.8) is 0 Å². The molecule has 62 heavy (non-hydrogen) atoms. The van der Waals surface area contributed by atoms with E-state index < -0.39 is 140 Å². The van der Waals surface area contributed by atoms with Gasteiger partial charge in [0.2, 0.25) is 41.4 Å². The fraction of sp³-hybridized carbons (Fsp3) is 0.610. The molecule has 21 heteroatoms. The highest BCUT2D eigenvalue weighted by Crippen LogP contribution is 2.36. The first-order valence-corrected chi connectivity index (χ1v) is 21.9. The fourth-order valence-corrected chi connectivity index (χ4v) is 9.39. The summed E-state index contributed by atoms with van der Waals surface area (Å²) in [6.45, 7) is 2.78. The van der Waals surface area contributed by atoms with Crippen molar-refractivity contribution >= 4 is 69.8 Å². The molecule has 1 saturated heterocycles. The second kappa shape index (κ2) is 21.2. The Hall–Kier alpha value is -5.25. The second-order valence-electron chi connectivity index (χ2n) is 16.6. The number of fused-ring (bicyclic) bond motifs is 5. The number of carbonyl (C=O) groups excluding carboxylic acids is 8. The van der Waals surface area contributed by atoms with Gasteiger partial charge in [-0.1, -0.05) is 27.2 Å². The number of hydrogen-bond donors (Lipinski definition) is 11. The number of H-pyrrole nitrogens is 1. The van der Waals surface area contributed by atoms with Crippen molar-refractivity contribution in [3.8, 4) is 5.75 Å². The Morgan fingerprint density at radius 2 is 1.63 bits per heavy atom. The van der Waals surface area contributed by atoms with Gasteiger partial charge in [-0.15, -0.1) is 11.8 Å². The van der Waals surface area contributed by atoms with Crippen molar-refractivity contribution in [2.24, 2.45) is 29.4 Å². The molecule has 340 valence electrons. The van der Waals surface area contributed by atoms with Crippen LogP contribution in [-0.2, 0) is 44.8 Å². The van der Waals surface area contributed by atoms with Crippen LogP contribution in [0.15, 0.2) is 23.2 Å². The van der Waals surface area contributed by atoms with E-state index in [2.05, 4.69) is 31.6 Å². The molecule has 3 aliphatic rings. The first-order valence-electron chi connectivity index (χ1n) is 20.9.